The normalized spacial score (nSPS) is 12.3. The fraction of sp³-hybridized carbons (Fsp3) is 0.800. The van der Waals surface area contributed by atoms with E-state index in [1.165, 1.54) is 0 Å². The van der Waals surface area contributed by atoms with Gasteiger partial charge >= 0.3 is 5.97 Å². The zero-order valence-electron chi connectivity index (χ0n) is 9.87. The highest BCUT2D eigenvalue weighted by molar-refractivity contribution is 5.82. The van der Waals surface area contributed by atoms with Crippen LogP contribution in [0.25, 0.3) is 0 Å². The molecule has 88 valence electrons. The van der Waals surface area contributed by atoms with Gasteiger partial charge in [0.1, 0.15) is 0 Å². The third kappa shape index (κ3) is 4.78. The highest BCUT2D eigenvalue weighted by Gasteiger charge is 2.21. The molecule has 0 aromatic heterocycles. The van der Waals surface area contributed by atoms with Gasteiger partial charge in [-0.05, 0) is 20.4 Å². The van der Waals surface area contributed by atoms with Crippen LogP contribution in [0.1, 0.15) is 20.8 Å². The summed E-state index contributed by atoms with van der Waals surface area (Å²) in [6.45, 7) is 6.58. The van der Waals surface area contributed by atoms with Gasteiger partial charge in [-0.1, -0.05) is 6.92 Å². The molecular weight excluding hydrogens is 196 g/mol. The molecule has 0 fully saturated rings. The molecule has 1 unspecified atom stereocenters. The van der Waals surface area contributed by atoms with Gasteiger partial charge in [-0.25, -0.2) is 0 Å². The SMILES string of the molecule is CCOC(=O)CN(CC)C(C)C(=O)NC. The zero-order valence-corrected chi connectivity index (χ0v) is 9.87. The molecule has 1 amide bonds. The number of carbonyl (C=O) groups is 2. The average molecular weight is 216 g/mol. The van der Waals surface area contributed by atoms with Crippen molar-refractivity contribution in [3.05, 3.63) is 0 Å². The van der Waals surface area contributed by atoms with Crippen LogP contribution in [0.15, 0.2) is 0 Å². The summed E-state index contributed by atoms with van der Waals surface area (Å²) in [7, 11) is 1.58. The Labute approximate surface area is 90.8 Å². The van der Waals surface area contributed by atoms with Gasteiger partial charge in [-0.3, -0.25) is 14.5 Å². The number of carbonyl (C=O) groups excluding carboxylic acids is 2. The number of amides is 1. The molecule has 0 rings (SSSR count). The molecule has 0 aliphatic heterocycles. The van der Waals surface area contributed by atoms with Crippen molar-refractivity contribution in [2.45, 2.75) is 26.8 Å². The molecule has 1 atom stereocenters. The summed E-state index contributed by atoms with van der Waals surface area (Å²) in [6.07, 6.45) is 0. The van der Waals surface area contributed by atoms with Gasteiger partial charge in [-0.2, -0.15) is 0 Å². The van der Waals surface area contributed by atoms with Gasteiger partial charge in [-0.15, -0.1) is 0 Å². The summed E-state index contributed by atoms with van der Waals surface area (Å²) in [5.41, 5.74) is 0. The maximum atomic E-state index is 11.3. The van der Waals surface area contributed by atoms with Crippen molar-refractivity contribution in [2.24, 2.45) is 0 Å². The fourth-order valence-electron chi connectivity index (χ4n) is 1.27. The van der Waals surface area contributed by atoms with Crippen molar-refractivity contribution < 1.29 is 14.3 Å². The second-order valence-electron chi connectivity index (χ2n) is 3.16. The Morgan fingerprint density at radius 2 is 2.00 bits per heavy atom. The molecule has 0 radical (unpaired) electrons. The summed E-state index contributed by atoms with van der Waals surface area (Å²) >= 11 is 0. The average Bonchev–Trinajstić information content (AvgIpc) is 2.24. The van der Waals surface area contributed by atoms with Crippen LogP contribution in [0.5, 0.6) is 0 Å². The quantitative estimate of drug-likeness (QED) is 0.635. The number of hydrogen-bond donors (Lipinski definition) is 1. The molecule has 1 N–H and O–H groups in total. The van der Waals surface area contributed by atoms with E-state index in [4.69, 9.17) is 4.74 Å². The highest BCUT2D eigenvalue weighted by Crippen LogP contribution is 1.99. The minimum atomic E-state index is -0.315. The lowest BCUT2D eigenvalue weighted by Gasteiger charge is -2.25. The molecular formula is C10H20N2O3. The number of likely N-dealkylation sites (N-methyl/N-ethyl adjacent to an activating group) is 2. The Kier molecular flexibility index (Phi) is 6.70. The first-order valence-electron chi connectivity index (χ1n) is 5.18. The van der Waals surface area contributed by atoms with E-state index in [1.54, 1.807) is 25.8 Å². The van der Waals surface area contributed by atoms with E-state index in [0.717, 1.165) is 0 Å². The molecule has 0 spiro atoms. The first-order valence-corrected chi connectivity index (χ1v) is 5.18. The molecule has 0 saturated carbocycles. The Bertz CT molecular complexity index is 219. The van der Waals surface area contributed by atoms with Crippen LogP contribution in [0.4, 0.5) is 0 Å². The van der Waals surface area contributed by atoms with Gasteiger partial charge in [0.05, 0.1) is 19.2 Å². The van der Waals surface area contributed by atoms with E-state index in [1.807, 2.05) is 6.92 Å². The van der Waals surface area contributed by atoms with Crippen LogP contribution in [-0.2, 0) is 14.3 Å². The molecule has 0 aliphatic rings. The predicted molar refractivity (Wildman–Crippen MR) is 57.4 cm³/mol. The number of nitrogens with zero attached hydrogens (tertiary/aromatic N) is 1. The summed E-state index contributed by atoms with van der Waals surface area (Å²) in [5, 5.41) is 2.55. The monoisotopic (exact) mass is 216 g/mol. The largest absolute Gasteiger partial charge is 0.465 e. The molecule has 5 nitrogen and oxygen atoms in total. The summed E-state index contributed by atoms with van der Waals surface area (Å²) < 4.78 is 4.83. The molecule has 0 bridgehead atoms. The van der Waals surface area contributed by atoms with Crippen molar-refractivity contribution in [3.63, 3.8) is 0 Å². The maximum absolute atomic E-state index is 11.3. The number of nitrogens with one attached hydrogen (secondary N) is 1. The second kappa shape index (κ2) is 7.23. The third-order valence-corrected chi connectivity index (χ3v) is 2.22. The Hall–Kier alpha value is -1.10. The molecule has 0 heterocycles. The fourth-order valence-corrected chi connectivity index (χ4v) is 1.27. The van der Waals surface area contributed by atoms with Crippen LogP contribution in [0.3, 0.4) is 0 Å². The molecule has 0 aromatic rings. The smallest absolute Gasteiger partial charge is 0.320 e. The Morgan fingerprint density at radius 1 is 1.40 bits per heavy atom. The second-order valence-corrected chi connectivity index (χ2v) is 3.16. The minimum absolute atomic E-state index is 0.0962. The van der Waals surface area contributed by atoms with E-state index in [0.29, 0.717) is 13.2 Å². The van der Waals surface area contributed by atoms with Gasteiger partial charge in [0, 0.05) is 7.05 Å². The lowest BCUT2D eigenvalue weighted by molar-refractivity contribution is -0.145. The highest BCUT2D eigenvalue weighted by atomic mass is 16.5. The van der Waals surface area contributed by atoms with E-state index in [-0.39, 0.29) is 24.5 Å². The van der Waals surface area contributed by atoms with E-state index < -0.39 is 0 Å². The van der Waals surface area contributed by atoms with Crippen molar-refractivity contribution in [1.82, 2.24) is 10.2 Å². The summed E-state index contributed by atoms with van der Waals surface area (Å²) in [4.78, 5) is 24.3. The number of esters is 1. The molecule has 0 aliphatic carbocycles. The summed E-state index contributed by atoms with van der Waals surface area (Å²) in [5.74, 6) is -0.392. The lowest BCUT2D eigenvalue weighted by Crippen LogP contribution is -2.46. The van der Waals surface area contributed by atoms with E-state index >= 15 is 0 Å². The zero-order chi connectivity index (χ0) is 11.8. The van der Waals surface area contributed by atoms with Crippen molar-refractivity contribution >= 4 is 11.9 Å². The van der Waals surface area contributed by atoms with Gasteiger partial charge in [0.15, 0.2) is 0 Å². The minimum Gasteiger partial charge on any atom is -0.465 e. The maximum Gasteiger partial charge on any atom is 0.320 e. The number of rotatable bonds is 6. The topological polar surface area (TPSA) is 58.6 Å². The third-order valence-electron chi connectivity index (χ3n) is 2.22. The molecule has 5 heteroatoms. The van der Waals surface area contributed by atoms with E-state index in [2.05, 4.69) is 5.32 Å². The van der Waals surface area contributed by atoms with E-state index in [9.17, 15) is 9.59 Å². The number of ether oxygens (including phenoxy) is 1. The Balaban J connectivity index is 4.23. The van der Waals surface area contributed by atoms with Gasteiger partial charge < -0.3 is 10.1 Å². The molecule has 0 aromatic carbocycles. The molecule has 15 heavy (non-hydrogen) atoms. The Morgan fingerprint density at radius 3 is 2.40 bits per heavy atom. The lowest BCUT2D eigenvalue weighted by atomic mass is 10.2. The van der Waals surface area contributed by atoms with Crippen molar-refractivity contribution in [1.29, 1.82) is 0 Å². The van der Waals surface area contributed by atoms with Crippen molar-refractivity contribution in [2.75, 3.05) is 26.7 Å². The van der Waals surface area contributed by atoms with Crippen LogP contribution >= 0.6 is 0 Å². The first kappa shape index (κ1) is 13.9. The van der Waals surface area contributed by atoms with Gasteiger partial charge in [0.25, 0.3) is 0 Å². The summed E-state index contributed by atoms with van der Waals surface area (Å²) in [6, 6.07) is -0.315. The van der Waals surface area contributed by atoms with Crippen LogP contribution in [0, 0.1) is 0 Å². The van der Waals surface area contributed by atoms with Crippen LogP contribution in [-0.4, -0.2) is 49.6 Å². The standard InChI is InChI=1S/C10H20N2O3/c1-5-12(7-9(13)15-6-2)8(3)10(14)11-4/h8H,5-7H2,1-4H3,(H,11,14). The predicted octanol–water partition coefficient (Wildman–Crippen LogP) is 0.00590. The van der Waals surface area contributed by atoms with Gasteiger partial charge in [0.2, 0.25) is 5.91 Å². The first-order chi connectivity index (χ1) is 7.06. The molecule has 0 saturated heterocycles. The number of hydrogen-bond acceptors (Lipinski definition) is 4. The van der Waals surface area contributed by atoms with Crippen molar-refractivity contribution in [3.8, 4) is 0 Å². The van der Waals surface area contributed by atoms with Crippen LogP contribution < -0.4 is 5.32 Å². The van der Waals surface area contributed by atoms with Crippen LogP contribution in [0.2, 0.25) is 0 Å².